The summed E-state index contributed by atoms with van der Waals surface area (Å²) in [7, 11) is 3.18. The van der Waals surface area contributed by atoms with Gasteiger partial charge in [0.25, 0.3) is 5.69 Å². The second kappa shape index (κ2) is 10.4. The SMILES string of the molecule is COCCCN1C(=S)N[C@H](c2ccccn2)[C@@H]1c1cc(C)n(-c2ccc(OC)cc2[N+](=O)[O-])c1C. The molecule has 9 nitrogen and oxygen atoms in total. The molecule has 0 bridgehead atoms. The lowest BCUT2D eigenvalue weighted by Gasteiger charge is -2.28. The molecule has 35 heavy (non-hydrogen) atoms. The predicted molar refractivity (Wildman–Crippen MR) is 137 cm³/mol. The van der Waals surface area contributed by atoms with E-state index in [1.54, 1.807) is 25.4 Å². The van der Waals surface area contributed by atoms with Crippen LogP contribution in [0, 0.1) is 24.0 Å². The highest BCUT2D eigenvalue weighted by atomic mass is 32.1. The highest BCUT2D eigenvalue weighted by molar-refractivity contribution is 7.80. The van der Waals surface area contributed by atoms with Crippen molar-refractivity contribution in [3.8, 4) is 11.4 Å². The number of hydrogen-bond donors (Lipinski definition) is 1. The molecule has 2 atom stereocenters. The summed E-state index contributed by atoms with van der Waals surface area (Å²) in [6.45, 7) is 5.27. The Bertz CT molecular complexity index is 1230. The fraction of sp³-hybridized carbons (Fsp3) is 0.360. The summed E-state index contributed by atoms with van der Waals surface area (Å²) in [5.74, 6) is 0.438. The van der Waals surface area contributed by atoms with E-state index in [1.165, 1.54) is 13.2 Å². The number of pyridine rings is 1. The average Bonchev–Trinajstić information content (AvgIpc) is 3.34. The zero-order valence-corrected chi connectivity index (χ0v) is 21.0. The van der Waals surface area contributed by atoms with Crippen LogP contribution in [0.2, 0.25) is 0 Å². The molecule has 0 spiro atoms. The molecule has 4 rings (SSSR count). The predicted octanol–water partition coefficient (Wildman–Crippen LogP) is 4.41. The van der Waals surface area contributed by atoms with Gasteiger partial charge in [-0.15, -0.1) is 0 Å². The molecular weight excluding hydrogens is 466 g/mol. The normalized spacial score (nSPS) is 17.5. The van der Waals surface area contributed by atoms with Crippen LogP contribution in [0.3, 0.4) is 0 Å². The summed E-state index contributed by atoms with van der Waals surface area (Å²) in [6.07, 6.45) is 2.58. The second-order valence-electron chi connectivity index (χ2n) is 8.44. The van der Waals surface area contributed by atoms with Crippen LogP contribution in [0.1, 0.15) is 41.1 Å². The molecular formula is C25H29N5O4S. The number of benzene rings is 1. The fourth-order valence-corrected chi connectivity index (χ4v) is 5.12. The van der Waals surface area contributed by atoms with Crippen molar-refractivity contribution >= 4 is 23.0 Å². The second-order valence-corrected chi connectivity index (χ2v) is 8.83. The molecule has 3 aromatic rings. The number of aryl methyl sites for hydroxylation is 1. The van der Waals surface area contributed by atoms with E-state index < -0.39 is 0 Å². The van der Waals surface area contributed by atoms with Gasteiger partial charge in [0.2, 0.25) is 0 Å². The number of hydrogen-bond acceptors (Lipinski definition) is 6. The molecule has 10 heteroatoms. The first-order valence-electron chi connectivity index (χ1n) is 11.4. The average molecular weight is 496 g/mol. The molecule has 3 heterocycles. The zero-order valence-electron chi connectivity index (χ0n) is 20.2. The minimum absolute atomic E-state index is 0.0176. The van der Waals surface area contributed by atoms with Crippen LogP contribution in [0.5, 0.6) is 5.75 Å². The molecule has 1 saturated heterocycles. The summed E-state index contributed by atoms with van der Waals surface area (Å²) in [5.41, 5.74) is 4.19. The van der Waals surface area contributed by atoms with Gasteiger partial charge in [0.05, 0.1) is 35.9 Å². The van der Waals surface area contributed by atoms with E-state index in [0.29, 0.717) is 29.7 Å². The topological polar surface area (TPSA) is 94.7 Å². The maximum atomic E-state index is 11.9. The van der Waals surface area contributed by atoms with Crippen molar-refractivity contribution in [2.24, 2.45) is 0 Å². The first kappa shape index (κ1) is 24.6. The third-order valence-corrected chi connectivity index (χ3v) is 6.71. The number of thiocarbonyl (C=S) groups is 1. The van der Waals surface area contributed by atoms with E-state index >= 15 is 0 Å². The Morgan fingerprint density at radius 1 is 1.20 bits per heavy atom. The lowest BCUT2D eigenvalue weighted by molar-refractivity contribution is -0.384. The number of nitro groups is 1. The summed E-state index contributed by atoms with van der Waals surface area (Å²) in [5, 5.41) is 16.0. The van der Waals surface area contributed by atoms with Gasteiger partial charge in [0.1, 0.15) is 11.4 Å². The molecule has 0 radical (unpaired) electrons. The third-order valence-electron chi connectivity index (χ3n) is 6.35. The summed E-state index contributed by atoms with van der Waals surface area (Å²) in [4.78, 5) is 18.3. The van der Waals surface area contributed by atoms with Crippen LogP contribution >= 0.6 is 12.2 Å². The maximum absolute atomic E-state index is 11.9. The largest absolute Gasteiger partial charge is 0.496 e. The van der Waals surface area contributed by atoms with E-state index in [1.807, 2.05) is 36.6 Å². The number of nitrogens with one attached hydrogen (secondary N) is 1. The van der Waals surface area contributed by atoms with Gasteiger partial charge in [-0.1, -0.05) is 6.07 Å². The van der Waals surface area contributed by atoms with Crippen molar-refractivity contribution in [1.29, 1.82) is 0 Å². The number of nitrogens with zero attached hydrogens (tertiary/aromatic N) is 4. The van der Waals surface area contributed by atoms with Crippen molar-refractivity contribution < 1.29 is 14.4 Å². The van der Waals surface area contributed by atoms with Gasteiger partial charge in [-0.3, -0.25) is 15.1 Å². The third kappa shape index (κ3) is 4.71. The molecule has 1 N–H and O–H groups in total. The zero-order chi connectivity index (χ0) is 25.1. The van der Waals surface area contributed by atoms with Crippen LogP contribution in [-0.2, 0) is 4.74 Å². The summed E-state index contributed by atoms with van der Waals surface area (Å²) >= 11 is 5.74. The van der Waals surface area contributed by atoms with Crippen LogP contribution < -0.4 is 10.1 Å². The van der Waals surface area contributed by atoms with Gasteiger partial charge < -0.3 is 24.3 Å². The van der Waals surface area contributed by atoms with Crippen LogP contribution in [0.15, 0.2) is 48.7 Å². The van der Waals surface area contributed by atoms with Crippen molar-refractivity contribution in [1.82, 2.24) is 19.8 Å². The number of ether oxygens (including phenoxy) is 2. The van der Waals surface area contributed by atoms with Crippen LogP contribution in [-0.4, -0.2) is 51.9 Å². The van der Waals surface area contributed by atoms with Crippen molar-refractivity contribution in [2.45, 2.75) is 32.4 Å². The van der Waals surface area contributed by atoms with E-state index in [-0.39, 0.29) is 22.7 Å². The Morgan fingerprint density at radius 3 is 2.66 bits per heavy atom. The first-order valence-corrected chi connectivity index (χ1v) is 11.8. The van der Waals surface area contributed by atoms with Crippen LogP contribution in [0.25, 0.3) is 5.69 Å². The summed E-state index contributed by atoms with van der Waals surface area (Å²) in [6, 6.07) is 12.5. The Morgan fingerprint density at radius 2 is 2.00 bits per heavy atom. The molecule has 1 fully saturated rings. The minimum atomic E-state index is -0.379. The fourth-order valence-electron chi connectivity index (χ4n) is 4.79. The Labute approximate surface area is 209 Å². The quantitative estimate of drug-likeness (QED) is 0.202. The Hall–Kier alpha value is -3.50. The monoisotopic (exact) mass is 495 g/mol. The van der Waals surface area contributed by atoms with Crippen molar-refractivity contribution in [3.05, 3.63) is 81.4 Å². The van der Waals surface area contributed by atoms with E-state index in [0.717, 1.165) is 29.1 Å². The van der Waals surface area contributed by atoms with Crippen LogP contribution in [0.4, 0.5) is 5.69 Å². The standard InChI is InChI=1S/C25H29N5O4S/c1-16-14-19(17(2)29(16)21-10-9-18(34-4)15-22(21)30(31)32)24-23(20-8-5-6-11-26-20)27-25(35)28(24)12-7-13-33-3/h5-6,8-11,14-15,23-24H,7,12-13H2,1-4H3,(H,27,35)/t23-,24+/m1/s1. The highest BCUT2D eigenvalue weighted by Crippen LogP contribution is 2.42. The molecule has 0 aliphatic carbocycles. The first-order chi connectivity index (χ1) is 16.9. The molecule has 1 aliphatic heterocycles. The smallest absolute Gasteiger partial charge is 0.296 e. The lowest BCUT2D eigenvalue weighted by atomic mass is 9.96. The van der Waals surface area contributed by atoms with E-state index in [2.05, 4.69) is 21.3 Å². The Kier molecular flexibility index (Phi) is 7.32. The molecule has 2 aromatic heterocycles. The number of rotatable bonds is 9. The van der Waals surface area contributed by atoms with Gasteiger partial charge >= 0.3 is 0 Å². The van der Waals surface area contributed by atoms with Gasteiger partial charge in [-0.25, -0.2) is 0 Å². The Balaban J connectivity index is 1.83. The van der Waals surface area contributed by atoms with Gasteiger partial charge in [-0.05, 0) is 68.4 Å². The summed E-state index contributed by atoms with van der Waals surface area (Å²) < 4.78 is 12.4. The molecule has 184 valence electrons. The maximum Gasteiger partial charge on any atom is 0.296 e. The minimum Gasteiger partial charge on any atom is -0.496 e. The van der Waals surface area contributed by atoms with E-state index in [4.69, 9.17) is 21.7 Å². The number of aromatic nitrogens is 2. The van der Waals surface area contributed by atoms with Gasteiger partial charge in [-0.2, -0.15) is 0 Å². The lowest BCUT2D eigenvalue weighted by Crippen LogP contribution is -2.31. The van der Waals surface area contributed by atoms with Gasteiger partial charge in [0.15, 0.2) is 5.11 Å². The van der Waals surface area contributed by atoms with E-state index in [9.17, 15) is 10.1 Å². The van der Waals surface area contributed by atoms with Gasteiger partial charge in [0, 0.05) is 37.8 Å². The van der Waals surface area contributed by atoms with Crippen molar-refractivity contribution in [2.75, 3.05) is 27.4 Å². The number of methoxy groups -OCH3 is 2. The molecule has 1 aromatic carbocycles. The molecule has 1 aliphatic rings. The molecule has 0 unspecified atom stereocenters. The highest BCUT2D eigenvalue weighted by Gasteiger charge is 2.41. The molecule has 0 amide bonds. The molecule has 0 saturated carbocycles. The number of nitro benzene ring substituents is 1. The van der Waals surface area contributed by atoms with Crippen molar-refractivity contribution in [3.63, 3.8) is 0 Å².